The molecule has 2 aromatic heterocycles. The summed E-state index contributed by atoms with van der Waals surface area (Å²) in [5.74, 6) is -0.0612. The van der Waals surface area contributed by atoms with Gasteiger partial charge in [-0.05, 0) is 24.3 Å². The molecule has 0 spiro atoms. The zero-order valence-corrected chi connectivity index (χ0v) is 15.2. The Balaban J connectivity index is 1.56. The molecule has 1 amide bonds. The number of piperazine rings is 1. The largest absolute Gasteiger partial charge is 0.351 e. The van der Waals surface area contributed by atoms with Gasteiger partial charge >= 0.3 is 0 Å². The predicted octanol–water partition coefficient (Wildman–Crippen LogP) is 1.93. The van der Waals surface area contributed by atoms with Crippen LogP contribution in [0.4, 0.5) is 0 Å². The number of benzene rings is 1. The lowest BCUT2D eigenvalue weighted by molar-refractivity contribution is 0.0949. The zero-order chi connectivity index (χ0) is 18.5. The first-order valence-corrected chi connectivity index (χ1v) is 9.33. The van der Waals surface area contributed by atoms with E-state index in [9.17, 15) is 4.79 Å². The number of rotatable bonds is 5. The lowest BCUT2D eigenvalue weighted by Crippen LogP contribution is -2.46. The minimum absolute atomic E-state index is 0.0612. The Morgan fingerprint density at radius 2 is 2.00 bits per heavy atom. The highest BCUT2D eigenvalue weighted by molar-refractivity contribution is 6.07. The van der Waals surface area contributed by atoms with Crippen LogP contribution in [0.15, 0.2) is 54.9 Å². The summed E-state index contributed by atoms with van der Waals surface area (Å²) < 4.78 is 0. The zero-order valence-electron chi connectivity index (χ0n) is 15.2. The van der Waals surface area contributed by atoms with E-state index in [0.717, 1.165) is 54.9 Å². The van der Waals surface area contributed by atoms with Crippen molar-refractivity contribution in [3.05, 3.63) is 60.4 Å². The van der Waals surface area contributed by atoms with E-state index in [4.69, 9.17) is 4.98 Å². The molecule has 6 nitrogen and oxygen atoms in total. The molecule has 0 atom stereocenters. The molecule has 6 heteroatoms. The van der Waals surface area contributed by atoms with Gasteiger partial charge in [-0.15, -0.1) is 0 Å². The molecule has 138 valence electrons. The standard InChI is InChI=1S/C21H23N5O/c27-21(24-10-13-26-11-8-22-9-12-26)18-14-20(16-4-3-7-23-15-16)25-19-6-2-1-5-17(18)19/h1-7,14-15,22H,8-13H2,(H,24,27). The molecular formula is C21H23N5O. The third-order valence-electron chi connectivity index (χ3n) is 4.84. The number of carbonyl (C=O) groups is 1. The van der Waals surface area contributed by atoms with E-state index in [0.29, 0.717) is 12.1 Å². The monoisotopic (exact) mass is 361 g/mol. The van der Waals surface area contributed by atoms with Crippen molar-refractivity contribution >= 4 is 16.8 Å². The summed E-state index contributed by atoms with van der Waals surface area (Å²) in [5.41, 5.74) is 3.12. The Labute approximate surface area is 158 Å². The van der Waals surface area contributed by atoms with Crippen LogP contribution in [0, 0.1) is 0 Å². The van der Waals surface area contributed by atoms with E-state index >= 15 is 0 Å². The van der Waals surface area contributed by atoms with E-state index in [1.165, 1.54) is 0 Å². The van der Waals surface area contributed by atoms with Crippen molar-refractivity contribution in [1.82, 2.24) is 25.5 Å². The van der Waals surface area contributed by atoms with Gasteiger partial charge in [-0.2, -0.15) is 0 Å². The molecule has 4 rings (SSSR count). The lowest BCUT2D eigenvalue weighted by Gasteiger charge is -2.27. The molecular weight excluding hydrogens is 338 g/mol. The van der Waals surface area contributed by atoms with Gasteiger partial charge in [0.05, 0.1) is 16.8 Å². The van der Waals surface area contributed by atoms with Gasteiger partial charge in [-0.1, -0.05) is 18.2 Å². The van der Waals surface area contributed by atoms with Gasteiger partial charge in [0.2, 0.25) is 0 Å². The summed E-state index contributed by atoms with van der Waals surface area (Å²) in [6.07, 6.45) is 3.50. The van der Waals surface area contributed by atoms with Crippen LogP contribution in [0.2, 0.25) is 0 Å². The summed E-state index contributed by atoms with van der Waals surface area (Å²) >= 11 is 0. The van der Waals surface area contributed by atoms with Crippen LogP contribution in [0.3, 0.4) is 0 Å². The summed E-state index contributed by atoms with van der Waals surface area (Å²) in [4.78, 5) is 24.1. The van der Waals surface area contributed by atoms with E-state index in [-0.39, 0.29) is 5.91 Å². The highest BCUT2D eigenvalue weighted by atomic mass is 16.1. The van der Waals surface area contributed by atoms with Crippen molar-refractivity contribution in [2.75, 3.05) is 39.3 Å². The van der Waals surface area contributed by atoms with Crippen molar-refractivity contribution in [2.45, 2.75) is 0 Å². The number of para-hydroxylation sites is 1. The number of hydrogen-bond acceptors (Lipinski definition) is 5. The highest BCUT2D eigenvalue weighted by Gasteiger charge is 2.15. The SMILES string of the molecule is O=C(NCCN1CCNCC1)c1cc(-c2cccnc2)nc2ccccc12. The van der Waals surface area contributed by atoms with Crippen LogP contribution in [0.1, 0.15) is 10.4 Å². The van der Waals surface area contributed by atoms with E-state index in [1.807, 2.05) is 42.5 Å². The van der Waals surface area contributed by atoms with Crippen molar-refractivity contribution in [1.29, 1.82) is 0 Å². The molecule has 1 fully saturated rings. The number of amides is 1. The Morgan fingerprint density at radius 1 is 1.15 bits per heavy atom. The molecule has 27 heavy (non-hydrogen) atoms. The molecule has 3 heterocycles. The average Bonchev–Trinajstić information content (AvgIpc) is 2.74. The number of pyridine rings is 2. The Kier molecular flexibility index (Phi) is 5.37. The quantitative estimate of drug-likeness (QED) is 0.727. The first-order chi connectivity index (χ1) is 13.3. The molecule has 2 N–H and O–H groups in total. The first kappa shape index (κ1) is 17.6. The fourth-order valence-electron chi connectivity index (χ4n) is 3.38. The second-order valence-electron chi connectivity index (χ2n) is 6.66. The maximum absolute atomic E-state index is 12.9. The van der Waals surface area contributed by atoms with Crippen LogP contribution in [0.5, 0.6) is 0 Å². The number of aromatic nitrogens is 2. The number of nitrogens with one attached hydrogen (secondary N) is 2. The van der Waals surface area contributed by atoms with Gasteiger partial charge in [-0.25, -0.2) is 4.98 Å². The molecule has 1 aliphatic rings. The van der Waals surface area contributed by atoms with Gasteiger partial charge in [0.15, 0.2) is 0 Å². The number of hydrogen-bond donors (Lipinski definition) is 2. The third kappa shape index (κ3) is 4.13. The second-order valence-corrected chi connectivity index (χ2v) is 6.66. The topological polar surface area (TPSA) is 70.2 Å². The van der Waals surface area contributed by atoms with Gasteiger partial charge in [0, 0.05) is 62.6 Å². The predicted molar refractivity (Wildman–Crippen MR) is 107 cm³/mol. The minimum atomic E-state index is -0.0612. The molecule has 1 saturated heterocycles. The average molecular weight is 361 g/mol. The van der Waals surface area contributed by atoms with Crippen LogP contribution in [-0.4, -0.2) is 60.0 Å². The fourth-order valence-corrected chi connectivity index (χ4v) is 3.38. The van der Waals surface area contributed by atoms with Crippen molar-refractivity contribution in [2.24, 2.45) is 0 Å². The van der Waals surface area contributed by atoms with Crippen LogP contribution >= 0.6 is 0 Å². The van der Waals surface area contributed by atoms with E-state index < -0.39 is 0 Å². The molecule has 0 unspecified atom stereocenters. The van der Waals surface area contributed by atoms with Crippen LogP contribution < -0.4 is 10.6 Å². The molecule has 1 aromatic carbocycles. The molecule has 0 radical (unpaired) electrons. The Morgan fingerprint density at radius 3 is 2.81 bits per heavy atom. The normalized spacial score (nSPS) is 15.0. The van der Waals surface area contributed by atoms with Gasteiger partial charge in [0.25, 0.3) is 5.91 Å². The minimum Gasteiger partial charge on any atom is -0.351 e. The lowest BCUT2D eigenvalue weighted by atomic mass is 10.0. The molecule has 0 saturated carbocycles. The fraction of sp³-hybridized carbons (Fsp3) is 0.286. The second kappa shape index (κ2) is 8.24. The maximum atomic E-state index is 12.9. The summed E-state index contributed by atoms with van der Waals surface area (Å²) in [5, 5.41) is 7.28. The first-order valence-electron chi connectivity index (χ1n) is 9.33. The van der Waals surface area contributed by atoms with Gasteiger partial charge in [0.1, 0.15) is 0 Å². The van der Waals surface area contributed by atoms with Crippen molar-refractivity contribution in [3.8, 4) is 11.3 Å². The molecule has 0 aliphatic carbocycles. The molecule has 0 bridgehead atoms. The molecule has 3 aromatic rings. The number of carbonyl (C=O) groups excluding carboxylic acids is 1. The Hall–Kier alpha value is -2.83. The summed E-state index contributed by atoms with van der Waals surface area (Å²) in [7, 11) is 0. The van der Waals surface area contributed by atoms with E-state index in [2.05, 4.69) is 20.5 Å². The van der Waals surface area contributed by atoms with Crippen LogP contribution in [-0.2, 0) is 0 Å². The molecule has 1 aliphatic heterocycles. The summed E-state index contributed by atoms with van der Waals surface area (Å²) in [6, 6.07) is 13.4. The highest BCUT2D eigenvalue weighted by Crippen LogP contribution is 2.24. The van der Waals surface area contributed by atoms with E-state index in [1.54, 1.807) is 12.4 Å². The van der Waals surface area contributed by atoms with Gasteiger partial charge < -0.3 is 10.6 Å². The van der Waals surface area contributed by atoms with Crippen LogP contribution in [0.25, 0.3) is 22.2 Å². The third-order valence-corrected chi connectivity index (χ3v) is 4.84. The maximum Gasteiger partial charge on any atom is 0.252 e. The summed E-state index contributed by atoms with van der Waals surface area (Å²) in [6.45, 7) is 5.58. The van der Waals surface area contributed by atoms with Crippen molar-refractivity contribution < 1.29 is 4.79 Å². The Bertz CT molecular complexity index is 922. The van der Waals surface area contributed by atoms with Gasteiger partial charge in [-0.3, -0.25) is 14.7 Å². The number of nitrogens with zero attached hydrogens (tertiary/aromatic N) is 3. The van der Waals surface area contributed by atoms with Crippen molar-refractivity contribution in [3.63, 3.8) is 0 Å². The smallest absolute Gasteiger partial charge is 0.252 e. The number of fused-ring (bicyclic) bond motifs is 1.